The Kier molecular flexibility index (Phi) is 4.17. The molecule has 0 spiro atoms. The van der Waals surface area contributed by atoms with Crippen LogP contribution < -0.4 is 10.6 Å². The predicted octanol–water partition coefficient (Wildman–Crippen LogP) is 2.50. The Hall–Kier alpha value is -1.71. The first-order chi connectivity index (χ1) is 7.50. The van der Waals surface area contributed by atoms with Gasteiger partial charge in [0, 0.05) is 18.4 Å². The van der Waals surface area contributed by atoms with Crippen LogP contribution in [0.4, 0.5) is 16.2 Å². The number of ether oxygens (including phenoxy) is 1. The van der Waals surface area contributed by atoms with E-state index in [1.165, 1.54) is 4.90 Å². The summed E-state index contributed by atoms with van der Waals surface area (Å²) in [5.41, 5.74) is 7.01. The molecule has 0 saturated carbocycles. The Balaban J connectivity index is 2.59. The van der Waals surface area contributed by atoms with Gasteiger partial charge in [0.15, 0.2) is 0 Å². The number of nitrogens with two attached hydrogens (primary N) is 1. The fourth-order valence-electron chi connectivity index (χ4n) is 1.14. The molecule has 0 radical (unpaired) electrons. The quantitative estimate of drug-likeness (QED) is 0.799. The predicted molar refractivity (Wildman–Crippen MR) is 65.4 cm³/mol. The van der Waals surface area contributed by atoms with Gasteiger partial charge in [0.05, 0.1) is 6.61 Å². The largest absolute Gasteiger partial charge is 0.449 e. The number of nitrogen functional groups attached to an aromatic ring is 1. The maximum Gasteiger partial charge on any atom is 0.414 e. The zero-order valence-corrected chi connectivity index (χ0v) is 9.93. The van der Waals surface area contributed by atoms with E-state index in [0.29, 0.717) is 18.2 Å². The average molecular weight is 222 g/mol. The van der Waals surface area contributed by atoms with E-state index in [-0.39, 0.29) is 6.09 Å². The first-order valence-electron chi connectivity index (χ1n) is 5.26. The molecule has 4 heteroatoms. The smallest absolute Gasteiger partial charge is 0.414 e. The van der Waals surface area contributed by atoms with Crippen molar-refractivity contribution in [1.82, 2.24) is 0 Å². The number of benzene rings is 1. The molecule has 16 heavy (non-hydrogen) atoms. The molecule has 0 aliphatic rings. The van der Waals surface area contributed by atoms with Crippen molar-refractivity contribution in [1.29, 1.82) is 0 Å². The van der Waals surface area contributed by atoms with Crippen LogP contribution in [0.1, 0.15) is 13.8 Å². The van der Waals surface area contributed by atoms with Gasteiger partial charge in [0.2, 0.25) is 0 Å². The van der Waals surface area contributed by atoms with Crippen molar-refractivity contribution in [3.8, 4) is 0 Å². The molecule has 0 bridgehead atoms. The Morgan fingerprint density at radius 3 is 2.44 bits per heavy atom. The highest BCUT2D eigenvalue weighted by molar-refractivity contribution is 5.87. The lowest BCUT2D eigenvalue weighted by molar-refractivity contribution is 0.141. The maximum atomic E-state index is 11.6. The average Bonchev–Trinajstić information content (AvgIpc) is 2.26. The molecule has 88 valence electrons. The van der Waals surface area contributed by atoms with Gasteiger partial charge in [-0.15, -0.1) is 0 Å². The minimum atomic E-state index is -0.349. The fraction of sp³-hybridized carbons (Fsp3) is 0.417. The van der Waals surface area contributed by atoms with Crippen LogP contribution in [-0.2, 0) is 4.74 Å². The fourth-order valence-corrected chi connectivity index (χ4v) is 1.14. The molecule has 0 unspecified atom stereocenters. The van der Waals surface area contributed by atoms with Gasteiger partial charge >= 0.3 is 6.09 Å². The van der Waals surface area contributed by atoms with Gasteiger partial charge in [-0.2, -0.15) is 0 Å². The molecule has 1 aromatic rings. The number of carbonyl (C=O) groups excluding carboxylic acids is 1. The third kappa shape index (κ3) is 3.46. The monoisotopic (exact) mass is 222 g/mol. The van der Waals surface area contributed by atoms with Crippen LogP contribution in [0.15, 0.2) is 24.3 Å². The molecule has 4 nitrogen and oxygen atoms in total. The van der Waals surface area contributed by atoms with Crippen molar-refractivity contribution in [3.63, 3.8) is 0 Å². The maximum absolute atomic E-state index is 11.6. The minimum absolute atomic E-state index is 0.337. The normalized spacial score (nSPS) is 10.2. The van der Waals surface area contributed by atoms with Crippen LogP contribution in [0.3, 0.4) is 0 Å². The summed E-state index contributed by atoms with van der Waals surface area (Å²) in [7, 11) is 1.67. The van der Waals surface area contributed by atoms with Gasteiger partial charge in [0.1, 0.15) is 0 Å². The number of nitrogens with zero attached hydrogens (tertiary/aromatic N) is 1. The summed E-state index contributed by atoms with van der Waals surface area (Å²) in [6.07, 6.45) is -0.349. The molecule has 0 aliphatic carbocycles. The van der Waals surface area contributed by atoms with E-state index >= 15 is 0 Å². The Morgan fingerprint density at radius 2 is 1.94 bits per heavy atom. The van der Waals surface area contributed by atoms with Crippen molar-refractivity contribution >= 4 is 17.5 Å². The van der Waals surface area contributed by atoms with E-state index in [0.717, 1.165) is 5.69 Å². The first kappa shape index (κ1) is 12.4. The number of rotatable bonds is 3. The highest BCUT2D eigenvalue weighted by atomic mass is 16.6. The zero-order chi connectivity index (χ0) is 12.1. The Morgan fingerprint density at radius 1 is 1.38 bits per heavy atom. The van der Waals surface area contributed by atoms with Crippen molar-refractivity contribution < 1.29 is 9.53 Å². The van der Waals surface area contributed by atoms with Crippen LogP contribution in [0, 0.1) is 5.92 Å². The van der Waals surface area contributed by atoms with Crippen LogP contribution >= 0.6 is 0 Å². The SMILES string of the molecule is CC(C)COC(=O)N(C)c1ccc(N)cc1. The first-order valence-corrected chi connectivity index (χ1v) is 5.26. The highest BCUT2D eigenvalue weighted by Gasteiger charge is 2.12. The molecule has 1 amide bonds. The molecule has 0 heterocycles. The van der Waals surface area contributed by atoms with E-state index < -0.39 is 0 Å². The molecule has 1 rings (SSSR count). The summed E-state index contributed by atoms with van der Waals surface area (Å²) in [6, 6.07) is 7.07. The van der Waals surface area contributed by atoms with E-state index in [1.54, 1.807) is 31.3 Å². The molecule has 0 atom stereocenters. The molecule has 1 aromatic carbocycles. The summed E-state index contributed by atoms with van der Waals surface area (Å²) >= 11 is 0. The second-order valence-electron chi connectivity index (χ2n) is 4.12. The van der Waals surface area contributed by atoms with Crippen molar-refractivity contribution in [2.75, 3.05) is 24.3 Å². The van der Waals surface area contributed by atoms with Gasteiger partial charge in [-0.05, 0) is 30.2 Å². The molecule has 0 fully saturated rings. The number of hydrogen-bond donors (Lipinski definition) is 1. The summed E-state index contributed by atoms with van der Waals surface area (Å²) < 4.78 is 5.11. The second-order valence-corrected chi connectivity index (χ2v) is 4.12. The van der Waals surface area contributed by atoms with Crippen LogP contribution in [0.5, 0.6) is 0 Å². The van der Waals surface area contributed by atoms with Crippen molar-refractivity contribution in [2.24, 2.45) is 5.92 Å². The molecule has 0 aromatic heterocycles. The molecular weight excluding hydrogens is 204 g/mol. The lowest BCUT2D eigenvalue weighted by Crippen LogP contribution is -2.28. The third-order valence-corrected chi connectivity index (χ3v) is 2.09. The lowest BCUT2D eigenvalue weighted by Gasteiger charge is -2.17. The molecule has 2 N–H and O–H groups in total. The lowest BCUT2D eigenvalue weighted by atomic mass is 10.2. The number of carbonyl (C=O) groups is 1. The van der Waals surface area contributed by atoms with E-state index in [9.17, 15) is 4.79 Å². The van der Waals surface area contributed by atoms with Gasteiger partial charge in [-0.3, -0.25) is 4.90 Å². The second kappa shape index (κ2) is 5.39. The third-order valence-electron chi connectivity index (χ3n) is 2.09. The van der Waals surface area contributed by atoms with Crippen LogP contribution in [0.2, 0.25) is 0 Å². The number of hydrogen-bond acceptors (Lipinski definition) is 3. The number of amides is 1. The summed E-state index contributed by atoms with van der Waals surface area (Å²) in [5, 5.41) is 0. The minimum Gasteiger partial charge on any atom is -0.449 e. The van der Waals surface area contributed by atoms with Gasteiger partial charge in [-0.25, -0.2) is 4.79 Å². The van der Waals surface area contributed by atoms with E-state index in [1.807, 2.05) is 13.8 Å². The van der Waals surface area contributed by atoms with E-state index in [4.69, 9.17) is 10.5 Å². The van der Waals surface area contributed by atoms with Crippen molar-refractivity contribution in [3.05, 3.63) is 24.3 Å². The van der Waals surface area contributed by atoms with Crippen LogP contribution in [-0.4, -0.2) is 19.7 Å². The summed E-state index contributed by atoms with van der Waals surface area (Å²) in [4.78, 5) is 13.1. The van der Waals surface area contributed by atoms with Crippen molar-refractivity contribution in [2.45, 2.75) is 13.8 Å². The van der Waals surface area contributed by atoms with E-state index in [2.05, 4.69) is 0 Å². The molecule has 0 aliphatic heterocycles. The summed E-state index contributed by atoms with van der Waals surface area (Å²) in [5.74, 6) is 0.337. The van der Waals surface area contributed by atoms with Crippen LogP contribution in [0.25, 0.3) is 0 Å². The standard InChI is InChI=1S/C12H18N2O2/c1-9(2)8-16-12(15)14(3)11-6-4-10(13)5-7-11/h4-7,9H,8,13H2,1-3H3. The Labute approximate surface area is 96.0 Å². The highest BCUT2D eigenvalue weighted by Crippen LogP contribution is 2.15. The molecular formula is C12H18N2O2. The number of anilines is 2. The Bertz CT molecular complexity index is 347. The van der Waals surface area contributed by atoms with Gasteiger partial charge in [-0.1, -0.05) is 13.8 Å². The molecule has 0 saturated heterocycles. The van der Waals surface area contributed by atoms with Gasteiger partial charge in [0.25, 0.3) is 0 Å². The summed E-state index contributed by atoms with van der Waals surface area (Å²) in [6.45, 7) is 4.42. The topological polar surface area (TPSA) is 55.6 Å². The van der Waals surface area contributed by atoms with Gasteiger partial charge < -0.3 is 10.5 Å². The zero-order valence-electron chi connectivity index (χ0n) is 9.93.